The van der Waals surface area contributed by atoms with Crippen LogP contribution in [-0.4, -0.2) is 11.2 Å². The molecule has 0 saturated carbocycles. The van der Waals surface area contributed by atoms with Gasteiger partial charge in [-0.3, -0.25) is 0 Å². The number of nitrogens with one attached hydrogen (secondary N) is 1. The van der Waals surface area contributed by atoms with E-state index in [-0.39, 0.29) is 5.69 Å². The van der Waals surface area contributed by atoms with Gasteiger partial charge < -0.3 is 10.7 Å². The van der Waals surface area contributed by atoms with Crippen molar-refractivity contribution < 1.29 is 13.2 Å². The lowest BCUT2D eigenvalue weighted by Crippen LogP contribution is -2.28. The largest absolute Gasteiger partial charge is 0.409 e. The topological polar surface area (TPSA) is 41.8 Å². The minimum absolute atomic E-state index is 0.0162. The van der Waals surface area contributed by atoms with Gasteiger partial charge in [-0.2, -0.15) is 13.2 Å². The fourth-order valence-electron chi connectivity index (χ4n) is 0.714. The van der Waals surface area contributed by atoms with Gasteiger partial charge in [-0.25, -0.2) is 0 Å². The molecular weight excluding hydrogens is 157 g/mol. The van der Waals surface area contributed by atoms with Crippen molar-refractivity contribution in [3.8, 4) is 0 Å². The first-order valence-electron chi connectivity index (χ1n) is 2.97. The molecule has 0 aliphatic rings. The Kier molecular flexibility index (Phi) is 1.90. The third-order valence-electron chi connectivity index (χ3n) is 1.31. The van der Waals surface area contributed by atoms with E-state index < -0.39 is 12.2 Å². The summed E-state index contributed by atoms with van der Waals surface area (Å²) >= 11 is 0. The van der Waals surface area contributed by atoms with E-state index in [2.05, 4.69) is 4.98 Å². The van der Waals surface area contributed by atoms with Crippen molar-refractivity contribution in [1.82, 2.24) is 4.98 Å². The summed E-state index contributed by atoms with van der Waals surface area (Å²) < 4.78 is 35.6. The molecule has 0 fully saturated rings. The van der Waals surface area contributed by atoms with Crippen LogP contribution in [0.15, 0.2) is 18.3 Å². The maximum absolute atomic E-state index is 11.9. The normalized spacial score (nSPS) is 14.9. The van der Waals surface area contributed by atoms with Crippen LogP contribution in [0.2, 0.25) is 0 Å². The van der Waals surface area contributed by atoms with Crippen molar-refractivity contribution in [3.63, 3.8) is 0 Å². The molecule has 11 heavy (non-hydrogen) atoms. The fourth-order valence-corrected chi connectivity index (χ4v) is 0.714. The molecule has 0 spiro atoms. The van der Waals surface area contributed by atoms with Crippen LogP contribution in [0.4, 0.5) is 13.2 Å². The standard InChI is InChI=1S/C6H7F3N2/c7-6(8,9)5(10)4-2-1-3-11-4/h1-3,5,11H,10H2/t5-/m1/s1. The zero-order chi connectivity index (χ0) is 8.48. The Bertz CT molecular complexity index is 214. The monoisotopic (exact) mass is 164 g/mol. The Morgan fingerprint density at radius 3 is 2.45 bits per heavy atom. The SMILES string of the molecule is N[C@H](c1ccc[nH]1)C(F)(F)F. The van der Waals surface area contributed by atoms with Gasteiger partial charge in [0.05, 0.1) is 0 Å². The predicted molar refractivity (Wildman–Crippen MR) is 33.8 cm³/mol. The summed E-state index contributed by atoms with van der Waals surface area (Å²) in [4.78, 5) is 2.40. The smallest absolute Gasteiger partial charge is 0.363 e. The first-order chi connectivity index (χ1) is 5.02. The number of nitrogens with two attached hydrogens (primary N) is 1. The molecule has 1 aromatic heterocycles. The molecular formula is C6H7F3N2. The van der Waals surface area contributed by atoms with Crippen LogP contribution in [0.25, 0.3) is 0 Å². The average molecular weight is 164 g/mol. The number of hydrogen-bond acceptors (Lipinski definition) is 1. The quantitative estimate of drug-likeness (QED) is 0.650. The van der Waals surface area contributed by atoms with Crippen molar-refractivity contribution in [2.75, 3.05) is 0 Å². The molecule has 62 valence electrons. The van der Waals surface area contributed by atoms with Crippen LogP contribution < -0.4 is 5.73 Å². The van der Waals surface area contributed by atoms with Crippen LogP contribution in [0.3, 0.4) is 0 Å². The van der Waals surface area contributed by atoms with Gasteiger partial charge in [-0.05, 0) is 12.1 Å². The summed E-state index contributed by atoms with van der Waals surface area (Å²) in [5, 5.41) is 0. The third-order valence-corrected chi connectivity index (χ3v) is 1.31. The predicted octanol–water partition coefficient (Wildman–Crippen LogP) is 1.58. The van der Waals surface area contributed by atoms with Gasteiger partial charge >= 0.3 is 6.18 Å². The zero-order valence-electron chi connectivity index (χ0n) is 5.52. The Balaban J connectivity index is 2.78. The molecule has 0 amide bonds. The van der Waals surface area contributed by atoms with Gasteiger partial charge in [0.2, 0.25) is 0 Å². The minimum atomic E-state index is -4.37. The second-order valence-electron chi connectivity index (χ2n) is 2.14. The Morgan fingerprint density at radius 2 is 2.09 bits per heavy atom. The van der Waals surface area contributed by atoms with E-state index >= 15 is 0 Å². The molecule has 0 aliphatic heterocycles. The van der Waals surface area contributed by atoms with Gasteiger partial charge in [-0.1, -0.05) is 0 Å². The van der Waals surface area contributed by atoms with Crippen LogP contribution in [0.1, 0.15) is 11.7 Å². The van der Waals surface area contributed by atoms with E-state index in [1.807, 2.05) is 0 Å². The number of alkyl halides is 3. The fraction of sp³-hybridized carbons (Fsp3) is 0.333. The molecule has 3 N–H and O–H groups in total. The van der Waals surface area contributed by atoms with Crippen molar-refractivity contribution in [1.29, 1.82) is 0 Å². The van der Waals surface area contributed by atoms with E-state index in [1.54, 1.807) is 0 Å². The van der Waals surface area contributed by atoms with Gasteiger partial charge in [0.25, 0.3) is 0 Å². The molecule has 0 aliphatic carbocycles. The second kappa shape index (κ2) is 2.58. The number of aromatic amines is 1. The lowest BCUT2D eigenvalue weighted by molar-refractivity contribution is -0.149. The first-order valence-corrected chi connectivity index (χ1v) is 2.97. The molecule has 0 bridgehead atoms. The third kappa shape index (κ3) is 1.74. The summed E-state index contributed by atoms with van der Waals surface area (Å²) in [5.74, 6) is 0. The lowest BCUT2D eigenvalue weighted by Gasteiger charge is -2.13. The van der Waals surface area contributed by atoms with Crippen LogP contribution >= 0.6 is 0 Å². The van der Waals surface area contributed by atoms with Gasteiger partial charge in [-0.15, -0.1) is 0 Å². The van der Waals surface area contributed by atoms with E-state index in [0.29, 0.717) is 0 Å². The molecule has 1 aromatic rings. The zero-order valence-corrected chi connectivity index (χ0v) is 5.52. The number of hydrogen-bond donors (Lipinski definition) is 2. The molecule has 0 saturated heterocycles. The molecule has 5 heteroatoms. The van der Waals surface area contributed by atoms with E-state index in [1.165, 1.54) is 18.3 Å². The van der Waals surface area contributed by atoms with Crippen molar-refractivity contribution in [3.05, 3.63) is 24.0 Å². The Labute approximate surface area is 61.2 Å². The lowest BCUT2D eigenvalue weighted by atomic mass is 10.2. The van der Waals surface area contributed by atoms with Crippen molar-refractivity contribution in [2.24, 2.45) is 5.73 Å². The highest BCUT2D eigenvalue weighted by atomic mass is 19.4. The highest BCUT2D eigenvalue weighted by Gasteiger charge is 2.38. The molecule has 0 aromatic carbocycles. The van der Waals surface area contributed by atoms with Crippen LogP contribution in [0, 0.1) is 0 Å². The van der Waals surface area contributed by atoms with E-state index in [4.69, 9.17) is 5.73 Å². The molecule has 2 nitrogen and oxygen atoms in total. The summed E-state index contributed by atoms with van der Waals surface area (Å²) in [6.07, 6.45) is -2.97. The Morgan fingerprint density at radius 1 is 1.45 bits per heavy atom. The number of H-pyrrole nitrogens is 1. The number of aromatic nitrogens is 1. The maximum Gasteiger partial charge on any atom is 0.409 e. The first kappa shape index (κ1) is 8.13. The van der Waals surface area contributed by atoms with E-state index in [9.17, 15) is 13.2 Å². The molecule has 1 rings (SSSR count). The highest BCUT2D eigenvalue weighted by molar-refractivity contribution is 5.10. The van der Waals surface area contributed by atoms with Crippen LogP contribution in [0.5, 0.6) is 0 Å². The Hall–Kier alpha value is -0.970. The maximum atomic E-state index is 11.9. The second-order valence-corrected chi connectivity index (χ2v) is 2.14. The number of halogens is 3. The summed E-state index contributed by atoms with van der Waals surface area (Å²) in [6, 6.07) is 0.872. The van der Waals surface area contributed by atoms with Gasteiger partial charge in [0.15, 0.2) is 0 Å². The number of rotatable bonds is 1. The molecule has 0 radical (unpaired) electrons. The molecule has 1 atom stereocenters. The van der Waals surface area contributed by atoms with E-state index in [0.717, 1.165) is 0 Å². The van der Waals surface area contributed by atoms with Crippen LogP contribution in [-0.2, 0) is 0 Å². The van der Waals surface area contributed by atoms with Crippen molar-refractivity contribution >= 4 is 0 Å². The molecule has 0 unspecified atom stereocenters. The average Bonchev–Trinajstić information content (AvgIpc) is 2.34. The summed E-state index contributed by atoms with van der Waals surface area (Å²) in [5.41, 5.74) is 4.84. The molecule has 1 heterocycles. The van der Waals surface area contributed by atoms with Crippen molar-refractivity contribution in [2.45, 2.75) is 12.2 Å². The highest BCUT2D eigenvalue weighted by Crippen LogP contribution is 2.28. The summed E-state index contributed by atoms with van der Waals surface area (Å²) in [7, 11) is 0. The van der Waals surface area contributed by atoms with Gasteiger partial charge in [0, 0.05) is 11.9 Å². The van der Waals surface area contributed by atoms with Gasteiger partial charge in [0.1, 0.15) is 6.04 Å². The summed E-state index contributed by atoms with van der Waals surface area (Å²) in [6.45, 7) is 0. The minimum Gasteiger partial charge on any atom is -0.363 e.